The number of carboxylic acid groups (broad SMARTS) is 1. The van der Waals surface area contributed by atoms with E-state index in [0.29, 0.717) is 11.5 Å². The average molecular weight is 624 g/mol. The molecule has 0 aliphatic carbocycles. The second-order valence-corrected chi connectivity index (χ2v) is 12.0. The maximum atomic E-state index is 13.7. The third-order valence-electron chi connectivity index (χ3n) is 6.90. The van der Waals surface area contributed by atoms with Gasteiger partial charge < -0.3 is 20.1 Å². The Balaban J connectivity index is 1.58. The van der Waals surface area contributed by atoms with Crippen molar-refractivity contribution < 1.29 is 41.0 Å². The molecular formula is C28H32F3N5O6S. The fraction of sp³-hybridized carbons (Fsp3) is 0.393. The van der Waals surface area contributed by atoms with Gasteiger partial charge in [-0.05, 0) is 48.7 Å². The van der Waals surface area contributed by atoms with Crippen LogP contribution in [0.1, 0.15) is 30.2 Å². The van der Waals surface area contributed by atoms with Gasteiger partial charge in [0.15, 0.2) is 5.82 Å². The fourth-order valence-corrected chi connectivity index (χ4v) is 6.35. The molecule has 15 heteroatoms. The van der Waals surface area contributed by atoms with E-state index in [9.17, 15) is 31.2 Å². The number of amides is 1. The average Bonchev–Trinajstić information content (AvgIpc) is 3.31. The summed E-state index contributed by atoms with van der Waals surface area (Å²) >= 11 is 0. The monoisotopic (exact) mass is 623 g/mol. The number of anilines is 1. The van der Waals surface area contributed by atoms with Crippen LogP contribution in [0.3, 0.4) is 0 Å². The Morgan fingerprint density at radius 3 is 2.33 bits per heavy atom. The molecule has 4 rings (SSSR count). The lowest BCUT2D eigenvalue weighted by atomic mass is 10.1. The van der Waals surface area contributed by atoms with Gasteiger partial charge in [0.25, 0.3) is 0 Å². The van der Waals surface area contributed by atoms with Crippen molar-refractivity contribution in [3.63, 3.8) is 0 Å². The fourth-order valence-electron chi connectivity index (χ4n) is 4.78. The Morgan fingerprint density at radius 1 is 1.07 bits per heavy atom. The molecule has 1 aromatic heterocycles. The molecule has 1 fully saturated rings. The molecule has 1 amide bonds. The van der Waals surface area contributed by atoms with Crippen molar-refractivity contribution in [2.24, 2.45) is 0 Å². The van der Waals surface area contributed by atoms with Crippen LogP contribution >= 0.6 is 0 Å². The highest BCUT2D eigenvalue weighted by atomic mass is 32.2. The molecule has 232 valence electrons. The Kier molecular flexibility index (Phi) is 9.65. The predicted molar refractivity (Wildman–Crippen MR) is 150 cm³/mol. The molecule has 1 saturated heterocycles. The summed E-state index contributed by atoms with van der Waals surface area (Å²) in [6.07, 6.45) is -3.03. The number of alkyl halides is 3. The predicted octanol–water partition coefficient (Wildman–Crippen LogP) is 3.32. The molecule has 0 spiro atoms. The summed E-state index contributed by atoms with van der Waals surface area (Å²) in [6, 6.07) is 11.9. The molecule has 0 radical (unpaired) electrons. The SMILES string of the molecule is CCCc1ccc(CNC(=O)C2CN(c3cc(C)n(CC(=O)O)n3)CCN2S(=O)(=O)c2ccc(OC(F)(F)F)cc2)cc1. The topological polar surface area (TPSA) is 134 Å². The number of aliphatic carboxylic acids is 1. The van der Waals surface area contributed by atoms with Crippen molar-refractivity contribution in [3.05, 3.63) is 71.4 Å². The molecule has 3 aromatic rings. The number of benzene rings is 2. The van der Waals surface area contributed by atoms with Crippen molar-refractivity contribution in [1.29, 1.82) is 0 Å². The number of halogens is 3. The smallest absolute Gasteiger partial charge is 0.480 e. The number of aryl methyl sites for hydroxylation is 2. The number of nitrogens with one attached hydrogen (secondary N) is 1. The number of aromatic nitrogens is 2. The van der Waals surface area contributed by atoms with E-state index < -0.39 is 40.1 Å². The highest BCUT2D eigenvalue weighted by Crippen LogP contribution is 2.28. The number of nitrogens with zero attached hydrogens (tertiary/aromatic N) is 4. The molecule has 2 N–H and O–H groups in total. The van der Waals surface area contributed by atoms with E-state index >= 15 is 0 Å². The molecular weight excluding hydrogens is 591 g/mol. The van der Waals surface area contributed by atoms with Gasteiger partial charge in [0, 0.05) is 37.9 Å². The third-order valence-corrected chi connectivity index (χ3v) is 8.83. The van der Waals surface area contributed by atoms with Crippen molar-refractivity contribution in [1.82, 2.24) is 19.4 Å². The molecule has 1 atom stereocenters. The molecule has 11 nitrogen and oxygen atoms in total. The van der Waals surface area contributed by atoms with Gasteiger partial charge in [0.1, 0.15) is 18.3 Å². The lowest BCUT2D eigenvalue weighted by Crippen LogP contribution is -2.60. The summed E-state index contributed by atoms with van der Waals surface area (Å²) in [5.41, 5.74) is 2.54. The van der Waals surface area contributed by atoms with Crippen LogP contribution in [0.4, 0.5) is 19.0 Å². The first kappa shape index (κ1) is 31.8. The van der Waals surface area contributed by atoms with E-state index in [1.807, 2.05) is 24.3 Å². The maximum absolute atomic E-state index is 13.7. The minimum atomic E-state index is -4.94. The quantitative estimate of drug-likeness (QED) is 0.332. The Morgan fingerprint density at radius 2 is 1.72 bits per heavy atom. The highest BCUT2D eigenvalue weighted by Gasteiger charge is 2.41. The first-order valence-electron chi connectivity index (χ1n) is 13.5. The van der Waals surface area contributed by atoms with Crippen LogP contribution in [0.5, 0.6) is 5.75 Å². The maximum Gasteiger partial charge on any atom is 0.573 e. The van der Waals surface area contributed by atoms with Crippen LogP contribution in [0.2, 0.25) is 0 Å². The summed E-state index contributed by atoms with van der Waals surface area (Å²) in [7, 11) is -4.33. The highest BCUT2D eigenvalue weighted by molar-refractivity contribution is 7.89. The molecule has 1 unspecified atom stereocenters. The molecule has 43 heavy (non-hydrogen) atoms. The van der Waals surface area contributed by atoms with E-state index in [0.717, 1.165) is 52.5 Å². The molecule has 0 saturated carbocycles. The van der Waals surface area contributed by atoms with Crippen LogP contribution < -0.4 is 15.0 Å². The lowest BCUT2D eigenvalue weighted by molar-refractivity contribution is -0.274. The first-order valence-corrected chi connectivity index (χ1v) is 14.9. The van der Waals surface area contributed by atoms with Gasteiger partial charge in [-0.2, -0.15) is 9.40 Å². The number of carboxylic acids is 1. The van der Waals surface area contributed by atoms with Gasteiger partial charge in [0.05, 0.1) is 4.90 Å². The van der Waals surface area contributed by atoms with Crippen molar-refractivity contribution in [2.45, 2.75) is 57.1 Å². The second-order valence-electron chi connectivity index (χ2n) is 10.1. The summed E-state index contributed by atoms with van der Waals surface area (Å²) < 4.78 is 71.3. The Hall–Kier alpha value is -4.11. The molecule has 2 heterocycles. The summed E-state index contributed by atoms with van der Waals surface area (Å²) in [5, 5.41) is 16.3. The van der Waals surface area contributed by atoms with Gasteiger partial charge in [-0.3, -0.25) is 14.3 Å². The van der Waals surface area contributed by atoms with E-state index in [4.69, 9.17) is 5.11 Å². The lowest BCUT2D eigenvalue weighted by Gasteiger charge is -2.39. The second kappa shape index (κ2) is 13.0. The largest absolute Gasteiger partial charge is 0.573 e. The van der Waals surface area contributed by atoms with E-state index in [1.165, 1.54) is 4.68 Å². The Bertz CT molecular complexity index is 1540. The van der Waals surface area contributed by atoms with Gasteiger partial charge in [-0.25, -0.2) is 8.42 Å². The van der Waals surface area contributed by atoms with E-state index in [-0.39, 0.29) is 37.6 Å². The normalized spacial score (nSPS) is 16.2. The van der Waals surface area contributed by atoms with Crippen LogP contribution in [0.15, 0.2) is 59.5 Å². The number of rotatable bonds is 11. The van der Waals surface area contributed by atoms with Crippen LogP contribution in [0, 0.1) is 6.92 Å². The molecule has 1 aliphatic rings. The number of piperazine rings is 1. The van der Waals surface area contributed by atoms with Gasteiger partial charge in [-0.1, -0.05) is 37.6 Å². The summed E-state index contributed by atoms with van der Waals surface area (Å²) in [6.45, 7) is 3.42. The first-order chi connectivity index (χ1) is 20.3. The van der Waals surface area contributed by atoms with Crippen LogP contribution in [-0.2, 0) is 39.1 Å². The van der Waals surface area contributed by atoms with Crippen molar-refractivity contribution in [2.75, 3.05) is 24.5 Å². The number of carbonyl (C=O) groups excluding carboxylic acids is 1. The van der Waals surface area contributed by atoms with Crippen LogP contribution in [0.25, 0.3) is 0 Å². The van der Waals surface area contributed by atoms with Crippen LogP contribution in [-0.4, -0.2) is 71.5 Å². The van der Waals surface area contributed by atoms with Crippen molar-refractivity contribution >= 4 is 27.7 Å². The van der Waals surface area contributed by atoms with E-state index in [1.54, 1.807) is 17.9 Å². The number of hydrogen-bond donors (Lipinski definition) is 2. The minimum Gasteiger partial charge on any atom is -0.480 e. The summed E-state index contributed by atoms with van der Waals surface area (Å²) in [5.74, 6) is -1.86. The molecule has 0 bridgehead atoms. The molecule has 1 aliphatic heterocycles. The van der Waals surface area contributed by atoms with Gasteiger partial charge >= 0.3 is 12.3 Å². The zero-order valence-corrected chi connectivity index (χ0v) is 24.4. The van der Waals surface area contributed by atoms with E-state index in [2.05, 4.69) is 22.1 Å². The zero-order chi connectivity index (χ0) is 31.4. The third kappa shape index (κ3) is 8.04. The van der Waals surface area contributed by atoms with Gasteiger partial charge in [0.2, 0.25) is 15.9 Å². The number of sulfonamides is 1. The number of carbonyl (C=O) groups is 2. The summed E-state index contributed by atoms with van der Waals surface area (Å²) in [4.78, 5) is 26.1. The zero-order valence-electron chi connectivity index (χ0n) is 23.5. The Labute approximate surface area is 246 Å². The van der Waals surface area contributed by atoms with Gasteiger partial charge in [-0.15, -0.1) is 13.2 Å². The number of ether oxygens (including phenoxy) is 1. The number of hydrogen-bond acceptors (Lipinski definition) is 7. The minimum absolute atomic E-state index is 0.0979. The molecule has 2 aromatic carbocycles. The standard InChI is InChI=1S/C28H32F3N5O6S/c1-3-4-20-5-7-21(8-6-20)16-32-27(39)24-17-34(25-15-19(2)35(33-25)18-26(37)38)13-14-36(24)43(40,41)23-11-9-22(10-12-23)42-28(29,30)31/h5-12,15,24H,3-4,13-14,16-18H2,1-2H3,(H,32,39)(H,37,38). The van der Waals surface area contributed by atoms with Crippen molar-refractivity contribution in [3.8, 4) is 5.75 Å².